The minimum atomic E-state index is 0.0833. The van der Waals surface area contributed by atoms with Crippen molar-refractivity contribution in [2.75, 3.05) is 20.6 Å². The Morgan fingerprint density at radius 2 is 1.32 bits per heavy atom. The standard InChI is InChI=1S/C22H28BrNO/c1-24(2)17-7-5-3-4-6-8-18-9-11-19(12-10-18)22(25)20-13-15-21(23)16-14-20/h9-16H,3-8,17H2,1-2H3. The number of hydrogen-bond donors (Lipinski definition) is 0. The quantitative estimate of drug-likeness (QED) is 0.373. The van der Waals surface area contributed by atoms with Crippen LogP contribution in [-0.4, -0.2) is 31.3 Å². The largest absolute Gasteiger partial charge is 0.309 e. The van der Waals surface area contributed by atoms with Gasteiger partial charge in [-0.2, -0.15) is 0 Å². The van der Waals surface area contributed by atoms with E-state index < -0.39 is 0 Å². The maximum absolute atomic E-state index is 12.5. The molecule has 0 atom stereocenters. The lowest BCUT2D eigenvalue weighted by atomic mass is 10.00. The molecule has 25 heavy (non-hydrogen) atoms. The van der Waals surface area contributed by atoms with Crippen LogP contribution in [0.2, 0.25) is 0 Å². The molecule has 0 amide bonds. The summed E-state index contributed by atoms with van der Waals surface area (Å²) in [5.41, 5.74) is 2.81. The minimum absolute atomic E-state index is 0.0833. The highest BCUT2D eigenvalue weighted by atomic mass is 79.9. The van der Waals surface area contributed by atoms with E-state index >= 15 is 0 Å². The average Bonchev–Trinajstić information content (AvgIpc) is 2.61. The monoisotopic (exact) mass is 401 g/mol. The van der Waals surface area contributed by atoms with E-state index in [4.69, 9.17) is 0 Å². The number of carbonyl (C=O) groups excluding carboxylic acids is 1. The van der Waals surface area contributed by atoms with Crippen molar-refractivity contribution in [3.8, 4) is 0 Å². The normalized spacial score (nSPS) is 11.0. The van der Waals surface area contributed by atoms with Crippen LogP contribution in [0.1, 0.15) is 53.6 Å². The summed E-state index contributed by atoms with van der Waals surface area (Å²) >= 11 is 3.40. The van der Waals surface area contributed by atoms with Gasteiger partial charge in [0.15, 0.2) is 5.78 Å². The Hall–Kier alpha value is -1.45. The Bertz CT molecular complexity index is 647. The van der Waals surface area contributed by atoms with Gasteiger partial charge in [0.2, 0.25) is 0 Å². The van der Waals surface area contributed by atoms with Gasteiger partial charge in [-0.05, 0) is 69.7 Å². The summed E-state index contributed by atoms with van der Waals surface area (Å²) in [5, 5.41) is 0. The molecule has 0 heterocycles. The van der Waals surface area contributed by atoms with Crippen molar-refractivity contribution in [2.24, 2.45) is 0 Å². The zero-order valence-electron chi connectivity index (χ0n) is 15.3. The highest BCUT2D eigenvalue weighted by molar-refractivity contribution is 9.10. The van der Waals surface area contributed by atoms with E-state index in [1.165, 1.54) is 44.2 Å². The number of rotatable bonds is 10. The molecule has 2 aromatic carbocycles. The van der Waals surface area contributed by atoms with Crippen LogP contribution < -0.4 is 0 Å². The number of nitrogens with zero attached hydrogens (tertiary/aromatic N) is 1. The molecule has 0 saturated carbocycles. The fourth-order valence-corrected chi connectivity index (χ4v) is 3.14. The molecule has 0 unspecified atom stereocenters. The van der Waals surface area contributed by atoms with Crippen LogP contribution in [0.15, 0.2) is 53.0 Å². The molecule has 2 rings (SSSR count). The summed E-state index contributed by atoms with van der Waals surface area (Å²) < 4.78 is 0.987. The summed E-state index contributed by atoms with van der Waals surface area (Å²) in [6, 6.07) is 15.6. The number of ketones is 1. The molecule has 134 valence electrons. The smallest absolute Gasteiger partial charge is 0.193 e. The summed E-state index contributed by atoms with van der Waals surface area (Å²) in [7, 11) is 4.26. The topological polar surface area (TPSA) is 20.3 Å². The Morgan fingerprint density at radius 3 is 1.92 bits per heavy atom. The van der Waals surface area contributed by atoms with Crippen LogP contribution in [-0.2, 0) is 6.42 Å². The Balaban J connectivity index is 1.74. The first-order chi connectivity index (χ1) is 12.1. The molecule has 2 aromatic rings. The van der Waals surface area contributed by atoms with Gasteiger partial charge in [-0.15, -0.1) is 0 Å². The average molecular weight is 402 g/mol. The van der Waals surface area contributed by atoms with Gasteiger partial charge in [-0.25, -0.2) is 0 Å². The highest BCUT2D eigenvalue weighted by Crippen LogP contribution is 2.16. The van der Waals surface area contributed by atoms with Crippen LogP contribution in [0.3, 0.4) is 0 Å². The van der Waals surface area contributed by atoms with E-state index in [1.807, 2.05) is 36.4 Å². The number of unbranched alkanes of at least 4 members (excludes halogenated alkanes) is 4. The lowest BCUT2D eigenvalue weighted by molar-refractivity contribution is 0.103. The van der Waals surface area contributed by atoms with E-state index in [2.05, 4.69) is 47.1 Å². The number of hydrogen-bond acceptors (Lipinski definition) is 2. The second-order valence-electron chi connectivity index (χ2n) is 6.85. The van der Waals surface area contributed by atoms with E-state index in [-0.39, 0.29) is 5.78 Å². The molecule has 0 aliphatic rings. The van der Waals surface area contributed by atoms with Gasteiger partial charge in [-0.3, -0.25) is 4.79 Å². The molecule has 0 aliphatic carbocycles. The summed E-state index contributed by atoms with van der Waals surface area (Å²) in [4.78, 5) is 14.7. The van der Waals surface area contributed by atoms with Crippen molar-refractivity contribution in [2.45, 2.75) is 38.5 Å². The Morgan fingerprint density at radius 1 is 0.800 bits per heavy atom. The van der Waals surface area contributed by atoms with E-state index in [9.17, 15) is 4.79 Å². The maximum Gasteiger partial charge on any atom is 0.193 e. The first-order valence-electron chi connectivity index (χ1n) is 9.10. The van der Waals surface area contributed by atoms with Crippen LogP contribution in [0, 0.1) is 0 Å². The maximum atomic E-state index is 12.5. The third kappa shape index (κ3) is 7.13. The van der Waals surface area contributed by atoms with Crippen molar-refractivity contribution in [3.05, 3.63) is 69.7 Å². The molecule has 0 radical (unpaired) electrons. The summed E-state index contributed by atoms with van der Waals surface area (Å²) in [5.74, 6) is 0.0833. The van der Waals surface area contributed by atoms with Gasteiger partial charge >= 0.3 is 0 Å². The van der Waals surface area contributed by atoms with Crippen molar-refractivity contribution in [1.82, 2.24) is 4.90 Å². The number of benzene rings is 2. The van der Waals surface area contributed by atoms with Gasteiger partial charge in [0, 0.05) is 15.6 Å². The molecule has 0 N–H and O–H groups in total. The molecular formula is C22H28BrNO. The molecule has 0 bridgehead atoms. The summed E-state index contributed by atoms with van der Waals surface area (Å²) in [6.07, 6.45) is 7.53. The number of halogens is 1. The first kappa shape index (κ1) is 19.9. The molecule has 2 nitrogen and oxygen atoms in total. The predicted molar refractivity (Wildman–Crippen MR) is 109 cm³/mol. The number of aryl methyl sites for hydroxylation is 1. The van der Waals surface area contributed by atoms with Crippen LogP contribution in [0.25, 0.3) is 0 Å². The van der Waals surface area contributed by atoms with Crippen molar-refractivity contribution in [3.63, 3.8) is 0 Å². The molecule has 0 fully saturated rings. The van der Waals surface area contributed by atoms with Gasteiger partial charge in [0.05, 0.1) is 0 Å². The molecule has 0 aliphatic heterocycles. The number of carbonyl (C=O) groups is 1. The predicted octanol–water partition coefficient (Wildman–Crippen LogP) is 5.73. The zero-order chi connectivity index (χ0) is 18.1. The van der Waals surface area contributed by atoms with Gasteiger partial charge in [-0.1, -0.05) is 59.5 Å². The first-order valence-corrected chi connectivity index (χ1v) is 9.89. The van der Waals surface area contributed by atoms with E-state index in [0.717, 1.165) is 22.0 Å². The minimum Gasteiger partial charge on any atom is -0.309 e. The fourth-order valence-electron chi connectivity index (χ4n) is 2.88. The summed E-state index contributed by atoms with van der Waals surface area (Å²) in [6.45, 7) is 1.19. The molecular weight excluding hydrogens is 374 g/mol. The van der Waals surface area contributed by atoms with E-state index in [0.29, 0.717) is 0 Å². The lowest BCUT2D eigenvalue weighted by Crippen LogP contribution is -2.12. The van der Waals surface area contributed by atoms with Crippen molar-refractivity contribution >= 4 is 21.7 Å². The third-order valence-electron chi connectivity index (χ3n) is 4.39. The fraction of sp³-hybridized carbons (Fsp3) is 0.409. The highest BCUT2D eigenvalue weighted by Gasteiger charge is 2.08. The molecule has 3 heteroatoms. The zero-order valence-corrected chi connectivity index (χ0v) is 16.9. The third-order valence-corrected chi connectivity index (χ3v) is 4.92. The van der Waals surface area contributed by atoms with Gasteiger partial charge in [0.1, 0.15) is 0 Å². The second-order valence-corrected chi connectivity index (χ2v) is 7.77. The van der Waals surface area contributed by atoms with Crippen molar-refractivity contribution < 1.29 is 4.79 Å². The van der Waals surface area contributed by atoms with Gasteiger partial charge in [0.25, 0.3) is 0 Å². The molecule has 0 aromatic heterocycles. The molecule has 0 spiro atoms. The van der Waals surface area contributed by atoms with Crippen LogP contribution >= 0.6 is 15.9 Å². The van der Waals surface area contributed by atoms with Crippen molar-refractivity contribution in [1.29, 1.82) is 0 Å². The van der Waals surface area contributed by atoms with Gasteiger partial charge < -0.3 is 4.90 Å². The second kappa shape index (κ2) is 10.5. The lowest BCUT2D eigenvalue weighted by Gasteiger charge is -2.08. The van der Waals surface area contributed by atoms with Crippen LogP contribution in [0.5, 0.6) is 0 Å². The molecule has 0 saturated heterocycles. The Labute approximate surface area is 160 Å². The van der Waals surface area contributed by atoms with Crippen LogP contribution in [0.4, 0.5) is 0 Å². The van der Waals surface area contributed by atoms with E-state index in [1.54, 1.807) is 0 Å². The Kier molecular flexibility index (Phi) is 8.36. The SMILES string of the molecule is CN(C)CCCCCCCc1ccc(C(=O)c2ccc(Br)cc2)cc1.